The minimum atomic E-state index is 0. The van der Waals surface area contributed by atoms with Gasteiger partial charge in [-0.25, -0.2) is 4.98 Å². The van der Waals surface area contributed by atoms with E-state index in [2.05, 4.69) is 74.5 Å². The lowest BCUT2D eigenvalue weighted by molar-refractivity contribution is 0.372. The molecule has 0 atom stereocenters. The summed E-state index contributed by atoms with van der Waals surface area (Å²) >= 11 is 0. The van der Waals surface area contributed by atoms with E-state index < -0.39 is 0 Å². The first-order valence-electron chi connectivity index (χ1n) is 10.5. The minimum absolute atomic E-state index is 0. The van der Waals surface area contributed by atoms with E-state index in [1.165, 1.54) is 11.1 Å². The van der Waals surface area contributed by atoms with E-state index in [0.717, 1.165) is 35.0 Å². The van der Waals surface area contributed by atoms with Gasteiger partial charge in [0, 0.05) is 26.2 Å². The molecule has 2 aromatic heterocycles. The van der Waals surface area contributed by atoms with Gasteiger partial charge in [0.25, 0.3) is 0 Å². The van der Waals surface area contributed by atoms with Crippen LogP contribution >= 0.6 is 24.0 Å². The topological polar surface area (TPSA) is 80.3 Å². The first kappa shape index (κ1) is 23.8. The molecule has 7 nitrogen and oxygen atoms in total. The molecule has 0 bridgehead atoms. The van der Waals surface area contributed by atoms with Gasteiger partial charge in [-0.2, -0.15) is 0 Å². The van der Waals surface area contributed by atoms with Crippen molar-refractivity contribution in [1.29, 1.82) is 0 Å². The third-order valence-electron chi connectivity index (χ3n) is 5.19. The van der Waals surface area contributed by atoms with Crippen LogP contribution < -0.4 is 10.6 Å². The summed E-state index contributed by atoms with van der Waals surface area (Å²) in [4.78, 5) is 8.74. The van der Waals surface area contributed by atoms with Crippen molar-refractivity contribution in [3.63, 3.8) is 0 Å². The van der Waals surface area contributed by atoms with Gasteiger partial charge in [-0.1, -0.05) is 55.4 Å². The third-order valence-corrected chi connectivity index (χ3v) is 5.19. The van der Waals surface area contributed by atoms with Gasteiger partial charge in [0.1, 0.15) is 0 Å². The fraction of sp³-hybridized carbons (Fsp3) is 0.292. The Morgan fingerprint density at radius 2 is 1.75 bits per heavy atom. The van der Waals surface area contributed by atoms with Crippen molar-refractivity contribution in [2.24, 2.45) is 4.99 Å². The standard InChI is InChI=1S/C24H28N6O.HI/c1-17(2)22-12-20(31-29-22)14-27-24(25-3)26-13-18-8-10-19(11-9-18)15-30-16-28-21-6-4-5-7-23(21)30;/h4-12,16-17H,13-15H2,1-3H3,(H2,25,26,27);1H. The number of hydrogen-bond acceptors (Lipinski definition) is 4. The van der Waals surface area contributed by atoms with Gasteiger partial charge in [0.2, 0.25) is 0 Å². The summed E-state index contributed by atoms with van der Waals surface area (Å²) in [6.07, 6.45) is 1.90. The highest BCUT2D eigenvalue weighted by atomic mass is 127. The molecule has 0 amide bonds. The second kappa shape index (κ2) is 11.1. The van der Waals surface area contributed by atoms with Crippen LogP contribution in [-0.4, -0.2) is 27.7 Å². The predicted octanol–water partition coefficient (Wildman–Crippen LogP) is 4.68. The lowest BCUT2D eigenvalue weighted by Gasteiger charge is -2.11. The van der Waals surface area contributed by atoms with Crippen molar-refractivity contribution in [3.05, 3.63) is 83.5 Å². The van der Waals surface area contributed by atoms with Crippen molar-refractivity contribution in [2.45, 2.75) is 39.4 Å². The Labute approximate surface area is 205 Å². The zero-order valence-corrected chi connectivity index (χ0v) is 20.9. The van der Waals surface area contributed by atoms with E-state index >= 15 is 0 Å². The largest absolute Gasteiger partial charge is 0.359 e. The van der Waals surface area contributed by atoms with E-state index in [-0.39, 0.29) is 24.0 Å². The molecular weight excluding hydrogens is 515 g/mol. The average molecular weight is 544 g/mol. The Morgan fingerprint density at radius 3 is 2.47 bits per heavy atom. The fourth-order valence-electron chi connectivity index (χ4n) is 3.36. The lowest BCUT2D eigenvalue weighted by atomic mass is 10.1. The molecule has 0 unspecified atom stereocenters. The SMILES string of the molecule is CN=C(NCc1ccc(Cn2cnc3ccccc32)cc1)NCc1cc(C(C)C)no1.I. The van der Waals surface area contributed by atoms with Crippen LogP contribution in [0.1, 0.15) is 42.3 Å². The Kier molecular flexibility index (Phi) is 8.26. The van der Waals surface area contributed by atoms with Crippen molar-refractivity contribution < 1.29 is 4.52 Å². The molecule has 4 aromatic rings. The number of guanidine groups is 1. The Hall–Kier alpha value is -2.88. The van der Waals surface area contributed by atoms with Crippen LogP contribution in [0.5, 0.6) is 0 Å². The van der Waals surface area contributed by atoms with Gasteiger partial charge in [-0.15, -0.1) is 24.0 Å². The van der Waals surface area contributed by atoms with Crippen LogP contribution in [0, 0.1) is 0 Å². The first-order chi connectivity index (χ1) is 15.1. The average Bonchev–Trinajstić information content (AvgIpc) is 3.43. The number of nitrogens with zero attached hydrogens (tertiary/aromatic N) is 4. The highest BCUT2D eigenvalue weighted by molar-refractivity contribution is 14.0. The summed E-state index contributed by atoms with van der Waals surface area (Å²) in [5.41, 5.74) is 5.55. The van der Waals surface area contributed by atoms with Crippen LogP contribution in [0.3, 0.4) is 0 Å². The molecule has 2 N–H and O–H groups in total. The third kappa shape index (κ3) is 5.87. The number of nitrogens with one attached hydrogen (secondary N) is 2. The van der Waals surface area contributed by atoms with Crippen molar-refractivity contribution in [2.75, 3.05) is 7.05 Å². The summed E-state index contributed by atoms with van der Waals surface area (Å²) in [6.45, 7) is 6.21. The number of rotatable bonds is 7. The Morgan fingerprint density at radius 1 is 1.03 bits per heavy atom. The van der Waals surface area contributed by atoms with Crippen LogP contribution in [0.2, 0.25) is 0 Å². The Balaban J connectivity index is 0.00000289. The normalized spacial score (nSPS) is 11.6. The monoisotopic (exact) mass is 544 g/mol. The number of aromatic nitrogens is 3. The molecule has 32 heavy (non-hydrogen) atoms. The van der Waals surface area contributed by atoms with Gasteiger partial charge >= 0.3 is 0 Å². The molecule has 0 spiro atoms. The van der Waals surface area contributed by atoms with Crippen molar-refractivity contribution in [1.82, 2.24) is 25.3 Å². The lowest BCUT2D eigenvalue weighted by Crippen LogP contribution is -2.36. The van der Waals surface area contributed by atoms with Gasteiger partial charge in [0.15, 0.2) is 11.7 Å². The predicted molar refractivity (Wildman–Crippen MR) is 138 cm³/mol. The van der Waals surface area contributed by atoms with E-state index in [9.17, 15) is 0 Å². The zero-order chi connectivity index (χ0) is 21.6. The number of fused-ring (bicyclic) bond motifs is 1. The molecule has 168 valence electrons. The number of halogens is 1. The quantitative estimate of drug-likeness (QED) is 0.201. The maximum atomic E-state index is 5.36. The maximum absolute atomic E-state index is 5.36. The van der Waals surface area contributed by atoms with E-state index in [1.807, 2.05) is 30.6 Å². The molecule has 4 rings (SSSR count). The summed E-state index contributed by atoms with van der Waals surface area (Å²) in [5, 5.41) is 10.7. The number of aliphatic imine (C=N–C) groups is 1. The molecule has 2 heterocycles. The summed E-state index contributed by atoms with van der Waals surface area (Å²) in [7, 11) is 1.76. The van der Waals surface area contributed by atoms with E-state index in [4.69, 9.17) is 4.52 Å². The highest BCUT2D eigenvalue weighted by Gasteiger charge is 2.08. The van der Waals surface area contributed by atoms with E-state index in [0.29, 0.717) is 19.0 Å². The molecule has 2 aromatic carbocycles. The molecule has 0 saturated heterocycles. The minimum Gasteiger partial charge on any atom is -0.359 e. The second-order valence-corrected chi connectivity index (χ2v) is 7.83. The zero-order valence-electron chi connectivity index (χ0n) is 18.6. The number of benzene rings is 2. The highest BCUT2D eigenvalue weighted by Crippen LogP contribution is 2.15. The maximum Gasteiger partial charge on any atom is 0.191 e. The summed E-state index contributed by atoms with van der Waals surface area (Å²) in [6, 6.07) is 18.8. The van der Waals surface area contributed by atoms with Crippen molar-refractivity contribution in [3.8, 4) is 0 Å². The van der Waals surface area contributed by atoms with Gasteiger partial charge in [0.05, 0.1) is 29.6 Å². The molecule has 0 aliphatic rings. The van der Waals surface area contributed by atoms with E-state index in [1.54, 1.807) is 7.05 Å². The van der Waals surface area contributed by atoms with Crippen LogP contribution in [0.25, 0.3) is 11.0 Å². The van der Waals surface area contributed by atoms with Crippen molar-refractivity contribution >= 4 is 41.0 Å². The number of hydrogen-bond donors (Lipinski definition) is 2. The molecule has 0 aliphatic carbocycles. The number of para-hydroxylation sites is 2. The van der Waals surface area contributed by atoms with Gasteiger partial charge in [-0.3, -0.25) is 4.99 Å². The Bertz CT molecular complexity index is 1160. The van der Waals surface area contributed by atoms with Gasteiger partial charge < -0.3 is 19.7 Å². The molecule has 0 saturated carbocycles. The fourth-order valence-corrected chi connectivity index (χ4v) is 3.36. The molecule has 8 heteroatoms. The smallest absolute Gasteiger partial charge is 0.191 e. The van der Waals surface area contributed by atoms with Gasteiger partial charge in [-0.05, 0) is 29.2 Å². The summed E-state index contributed by atoms with van der Waals surface area (Å²) in [5.74, 6) is 1.87. The van der Waals surface area contributed by atoms with Crippen LogP contribution in [-0.2, 0) is 19.6 Å². The summed E-state index contributed by atoms with van der Waals surface area (Å²) < 4.78 is 7.53. The molecule has 0 radical (unpaired) electrons. The first-order valence-corrected chi connectivity index (χ1v) is 10.5. The molecular formula is C24H29IN6O. The van der Waals surface area contributed by atoms with Crippen LogP contribution in [0.4, 0.5) is 0 Å². The number of imidazole rings is 1. The van der Waals surface area contributed by atoms with Crippen LogP contribution in [0.15, 0.2) is 70.4 Å². The second-order valence-electron chi connectivity index (χ2n) is 7.83. The molecule has 0 fully saturated rings. The molecule has 0 aliphatic heterocycles.